The maximum Gasteiger partial charge on any atom is 0.121 e. The average Bonchev–Trinajstić information content (AvgIpc) is 2.83. The summed E-state index contributed by atoms with van der Waals surface area (Å²) in [6.45, 7) is 7.72. The summed E-state index contributed by atoms with van der Waals surface area (Å²) in [4.78, 5) is 5.08. The fourth-order valence-corrected chi connectivity index (χ4v) is 4.77. The standard InChI is InChI=1S/C28H34N2O3/c1-20-16-24(17-21(2)27(20)31)28-29(18-22-6-10-25(32-3)11-7-22)14-5-15-30(28)19-23-8-12-26(33-4)13-9-23/h6-13,16-17,28,31H,5,14-15,18-19H2,1-4H3. The van der Waals surface area contributed by atoms with E-state index >= 15 is 0 Å². The largest absolute Gasteiger partial charge is 0.507 e. The third-order valence-corrected chi connectivity index (χ3v) is 6.48. The van der Waals surface area contributed by atoms with E-state index in [0.717, 1.165) is 55.2 Å². The number of aromatic hydroxyl groups is 1. The first-order valence-corrected chi connectivity index (χ1v) is 11.5. The Labute approximate surface area is 197 Å². The third-order valence-electron chi connectivity index (χ3n) is 6.48. The second-order valence-corrected chi connectivity index (χ2v) is 8.87. The Hall–Kier alpha value is -3.02. The average molecular weight is 447 g/mol. The van der Waals surface area contributed by atoms with E-state index < -0.39 is 0 Å². The lowest BCUT2D eigenvalue weighted by Gasteiger charge is -2.44. The van der Waals surface area contributed by atoms with E-state index in [4.69, 9.17) is 9.47 Å². The van der Waals surface area contributed by atoms with Crippen LogP contribution in [0.25, 0.3) is 0 Å². The number of rotatable bonds is 7. The summed E-state index contributed by atoms with van der Waals surface area (Å²) in [7, 11) is 3.39. The molecule has 0 aromatic heterocycles. The molecule has 1 aliphatic rings. The Bertz CT molecular complexity index is 983. The van der Waals surface area contributed by atoms with Crippen LogP contribution in [-0.4, -0.2) is 42.2 Å². The number of phenolic OH excluding ortho intramolecular Hbond substituents is 1. The first-order valence-electron chi connectivity index (χ1n) is 11.5. The van der Waals surface area contributed by atoms with Crippen LogP contribution in [-0.2, 0) is 13.1 Å². The molecule has 1 heterocycles. The molecule has 3 aromatic rings. The molecule has 0 radical (unpaired) electrons. The highest BCUT2D eigenvalue weighted by atomic mass is 16.5. The van der Waals surface area contributed by atoms with Gasteiger partial charge < -0.3 is 14.6 Å². The van der Waals surface area contributed by atoms with E-state index in [0.29, 0.717) is 5.75 Å². The minimum atomic E-state index is 0.126. The van der Waals surface area contributed by atoms with Crippen molar-refractivity contribution in [3.05, 3.63) is 88.5 Å². The van der Waals surface area contributed by atoms with Gasteiger partial charge in [0.25, 0.3) is 0 Å². The molecule has 0 aliphatic carbocycles. The van der Waals surface area contributed by atoms with Crippen LogP contribution >= 0.6 is 0 Å². The fraction of sp³-hybridized carbons (Fsp3) is 0.357. The Morgan fingerprint density at radius 3 is 1.58 bits per heavy atom. The number of benzene rings is 3. The van der Waals surface area contributed by atoms with E-state index in [1.165, 1.54) is 16.7 Å². The SMILES string of the molecule is COc1ccc(CN2CCCN(Cc3ccc(OC)cc3)C2c2cc(C)c(O)c(C)c2)cc1. The van der Waals surface area contributed by atoms with Crippen molar-refractivity contribution in [3.63, 3.8) is 0 Å². The maximum absolute atomic E-state index is 10.4. The van der Waals surface area contributed by atoms with E-state index in [9.17, 15) is 5.11 Å². The zero-order chi connectivity index (χ0) is 23.4. The Kier molecular flexibility index (Phi) is 7.21. The molecule has 0 bridgehead atoms. The minimum absolute atomic E-state index is 0.126. The molecule has 3 aromatic carbocycles. The van der Waals surface area contributed by atoms with Crippen molar-refractivity contribution < 1.29 is 14.6 Å². The third kappa shape index (κ3) is 5.32. The number of hydrogen-bond donors (Lipinski definition) is 1. The summed E-state index contributed by atoms with van der Waals surface area (Å²) >= 11 is 0. The highest BCUT2D eigenvalue weighted by Gasteiger charge is 2.31. The number of hydrogen-bond acceptors (Lipinski definition) is 5. The molecule has 174 valence electrons. The first-order chi connectivity index (χ1) is 16.0. The second kappa shape index (κ2) is 10.3. The van der Waals surface area contributed by atoms with Crippen LogP contribution in [0.3, 0.4) is 0 Å². The molecule has 0 spiro atoms. The predicted molar refractivity (Wildman–Crippen MR) is 132 cm³/mol. The van der Waals surface area contributed by atoms with E-state index in [2.05, 4.69) is 46.2 Å². The van der Waals surface area contributed by atoms with Gasteiger partial charge in [0.05, 0.1) is 20.4 Å². The molecule has 0 amide bonds. The quantitative estimate of drug-likeness (QED) is 0.524. The van der Waals surface area contributed by atoms with Crippen molar-refractivity contribution in [1.82, 2.24) is 9.80 Å². The maximum atomic E-state index is 10.4. The summed E-state index contributed by atoms with van der Waals surface area (Å²) < 4.78 is 10.7. The van der Waals surface area contributed by atoms with Gasteiger partial charge in [0, 0.05) is 26.2 Å². The van der Waals surface area contributed by atoms with Crippen LogP contribution in [0, 0.1) is 13.8 Å². The lowest BCUT2D eigenvalue weighted by atomic mass is 9.99. The van der Waals surface area contributed by atoms with Crippen LogP contribution < -0.4 is 9.47 Å². The summed E-state index contributed by atoms with van der Waals surface area (Å²) in [5.74, 6) is 2.14. The van der Waals surface area contributed by atoms with Gasteiger partial charge in [-0.05, 0) is 84.5 Å². The Morgan fingerprint density at radius 1 is 0.758 bits per heavy atom. The van der Waals surface area contributed by atoms with Crippen LogP contribution in [0.1, 0.15) is 40.4 Å². The second-order valence-electron chi connectivity index (χ2n) is 8.87. The monoisotopic (exact) mass is 446 g/mol. The van der Waals surface area contributed by atoms with Crippen molar-refractivity contribution >= 4 is 0 Å². The van der Waals surface area contributed by atoms with E-state index in [1.54, 1.807) is 14.2 Å². The number of phenols is 1. The first kappa shape index (κ1) is 23.1. The summed E-state index contributed by atoms with van der Waals surface area (Å²) in [6, 6.07) is 21.0. The van der Waals surface area contributed by atoms with Crippen molar-refractivity contribution in [2.45, 2.75) is 39.5 Å². The van der Waals surface area contributed by atoms with Crippen LogP contribution in [0.2, 0.25) is 0 Å². The Balaban J connectivity index is 1.66. The predicted octanol–water partition coefficient (Wildman–Crippen LogP) is 5.43. The van der Waals surface area contributed by atoms with E-state index in [-0.39, 0.29) is 6.17 Å². The molecule has 0 unspecified atom stereocenters. The minimum Gasteiger partial charge on any atom is -0.507 e. The van der Waals surface area contributed by atoms with Crippen LogP contribution in [0.4, 0.5) is 0 Å². The van der Waals surface area contributed by atoms with Crippen molar-refractivity contribution in [2.75, 3.05) is 27.3 Å². The smallest absolute Gasteiger partial charge is 0.121 e. The summed E-state index contributed by atoms with van der Waals surface area (Å²) in [5, 5.41) is 10.4. The van der Waals surface area contributed by atoms with Gasteiger partial charge in [0.1, 0.15) is 17.2 Å². The van der Waals surface area contributed by atoms with Gasteiger partial charge >= 0.3 is 0 Å². The number of aryl methyl sites for hydroxylation is 2. The molecule has 0 saturated carbocycles. The van der Waals surface area contributed by atoms with Gasteiger partial charge in [0.15, 0.2) is 0 Å². The number of ether oxygens (including phenoxy) is 2. The van der Waals surface area contributed by atoms with Gasteiger partial charge in [0.2, 0.25) is 0 Å². The topological polar surface area (TPSA) is 45.2 Å². The van der Waals surface area contributed by atoms with Crippen molar-refractivity contribution in [2.24, 2.45) is 0 Å². The van der Waals surface area contributed by atoms with E-state index in [1.807, 2.05) is 38.1 Å². The zero-order valence-electron chi connectivity index (χ0n) is 20.0. The Morgan fingerprint density at radius 2 is 1.18 bits per heavy atom. The van der Waals surface area contributed by atoms with Gasteiger partial charge in [-0.1, -0.05) is 24.3 Å². The van der Waals surface area contributed by atoms with Gasteiger partial charge in [-0.2, -0.15) is 0 Å². The molecule has 1 saturated heterocycles. The van der Waals surface area contributed by atoms with Gasteiger partial charge in [-0.25, -0.2) is 0 Å². The molecule has 0 atom stereocenters. The lowest BCUT2D eigenvalue weighted by Crippen LogP contribution is -2.46. The molecule has 1 N–H and O–H groups in total. The van der Waals surface area contributed by atoms with Gasteiger partial charge in [-0.3, -0.25) is 9.80 Å². The lowest BCUT2D eigenvalue weighted by molar-refractivity contribution is -0.00918. The zero-order valence-corrected chi connectivity index (χ0v) is 20.0. The number of nitrogens with zero attached hydrogens (tertiary/aromatic N) is 2. The highest BCUT2D eigenvalue weighted by molar-refractivity contribution is 5.43. The van der Waals surface area contributed by atoms with Crippen LogP contribution in [0.5, 0.6) is 17.2 Å². The molecule has 5 heteroatoms. The van der Waals surface area contributed by atoms with Crippen LogP contribution in [0.15, 0.2) is 60.7 Å². The molecule has 4 rings (SSSR count). The highest BCUT2D eigenvalue weighted by Crippen LogP contribution is 2.35. The molecular formula is C28H34N2O3. The molecule has 1 aliphatic heterocycles. The molecule has 5 nitrogen and oxygen atoms in total. The molecule has 33 heavy (non-hydrogen) atoms. The number of methoxy groups -OCH3 is 2. The molecular weight excluding hydrogens is 412 g/mol. The van der Waals surface area contributed by atoms with Crippen molar-refractivity contribution in [1.29, 1.82) is 0 Å². The normalized spacial score (nSPS) is 15.5. The summed E-state index contributed by atoms with van der Waals surface area (Å²) in [5.41, 5.74) is 5.59. The van der Waals surface area contributed by atoms with Crippen molar-refractivity contribution in [3.8, 4) is 17.2 Å². The fourth-order valence-electron chi connectivity index (χ4n) is 4.77. The van der Waals surface area contributed by atoms with Gasteiger partial charge in [-0.15, -0.1) is 0 Å². The summed E-state index contributed by atoms with van der Waals surface area (Å²) in [6.07, 6.45) is 1.24. The molecule has 1 fully saturated rings.